The van der Waals surface area contributed by atoms with Gasteiger partial charge < -0.3 is 14.7 Å². The quantitative estimate of drug-likeness (QED) is 0.373. The molecule has 1 aromatic heterocycles. The van der Waals surface area contributed by atoms with Gasteiger partial charge in [-0.1, -0.05) is 30.3 Å². The number of benzene rings is 2. The molecule has 1 aliphatic heterocycles. The predicted molar refractivity (Wildman–Crippen MR) is 128 cm³/mol. The molecule has 1 atom stereocenters. The molecule has 2 heterocycles. The molecule has 4 rings (SSSR count). The van der Waals surface area contributed by atoms with Crippen LogP contribution in [0.2, 0.25) is 0 Å². The Kier molecular flexibility index (Phi) is 6.55. The standard InChI is InChI=1S/C24H23FN4O5S/c1-29-22(30)24(28-23(29)26,18-7-9-20(10-8-18)34-35(31,32)13-12-33-2)19-5-3-4-16(14-19)17-6-11-21(25)27-15-17/h3-11,14-15H,12-13H2,1-2H3,(H2,26,28). The van der Waals surface area contributed by atoms with Crippen LogP contribution >= 0.6 is 0 Å². The molecule has 0 bridgehead atoms. The highest BCUT2D eigenvalue weighted by atomic mass is 32.2. The molecule has 3 aromatic rings. The molecule has 0 fully saturated rings. The van der Waals surface area contributed by atoms with Gasteiger partial charge in [0.2, 0.25) is 5.95 Å². The van der Waals surface area contributed by atoms with Gasteiger partial charge in [0.25, 0.3) is 5.91 Å². The number of carbonyl (C=O) groups is 1. The maximum Gasteiger partial charge on any atom is 0.311 e. The molecule has 0 saturated carbocycles. The number of amides is 1. The first-order chi connectivity index (χ1) is 16.7. The number of pyridine rings is 1. The van der Waals surface area contributed by atoms with E-state index in [0.717, 1.165) is 0 Å². The Balaban J connectivity index is 1.76. The van der Waals surface area contributed by atoms with E-state index in [9.17, 15) is 17.6 Å². The van der Waals surface area contributed by atoms with Crippen LogP contribution in [0.4, 0.5) is 4.39 Å². The normalized spacial score (nSPS) is 18.0. The minimum atomic E-state index is -3.84. The van der Waals surface area contributed by atoms with Crippen LogP contribution in [0.3, 0.4) is 0 Å². The van der Waals surface area contributed by atoms with E-state index in [2.05, 4.69) is 9.98 Å². The summed E-state index contributed by atoms with van der Waals surface area (Å²) in [5.41, 5.74) is 6.88. The average molecular weight is 499 g/mol. The maximum absolute atomic E-state index is 13.5. The second kappa shape index (κ2) is 9.43. The van der Waals surface area contributed by atoms with Crippen LogP contribution in [0.1, 0.15) is 11.1 Å². The molecule has 35 heavy (non-hydrogen) atoms. The van der Waals surface area contributed by atoms with Crippen molar-refractivity contribution in [1.29, 1.82) is 0 Å². The smallest absolute Gasteiger partial charge is 0.311 e. The van der Waals surface area contributed by atoms with Crippen molar-refractivity contribution >= 4 is 22.0 Å². The van der Waals surface area contributed by atoms with Crippen molar-refractivity contribution in [2.24, 2.45) is 10.7 Å². The summed E-state index contributed by atoms with van der Waals surface area (Å²) in [6.07, 6.45) is 1.40. The summed E-state index contributed by atoms with van der Waals surface area (Å²) in [7, 11) is -0.924. The Morgan fingerprint density at radius 1 is 1.06 bits per heavy atom. The topological polar surface area (TPSA) is 124 Å². The minimum Gasteiger partial charge on any atom is -0.383 e. The van der Waals surface area contributed by atoms with Crippen molar-refractivity contribution in [2.75, 3.05) is 26.5 Å². The summed E-state index contributed by atoms with van der Waals surface area (Å²) in [5.74, 6) is -1.17. The van der Waals surface area contributed by atoms with Gasteiger partial charge in [0.1, 0.15) is 11.5 Å². The average Bonchev–Trinajstić information content (AvgIpc) is 3.08. The molecule has 0 aliphatic carbocycles. The Morgan fingerprint density at radius 2 is 1.80 bits per heavy atom. The van der Waals surface area contributed by atoms with Gasteiger partial charge in [-0.25, -0.2) is 9.98 Å². The van der Waals surface area contributed by atoms with E-state index in [4.69, 9.17) is 14.7 Å². The lowest BCUT2D eigenvalue weighted by Gasteiger charge is -2.26. The van der Waals surface area contributed by atoms with Crippen molar-refractivity contribution in [2.45, 2.75) is 5.54 Å². The van der Waals surface area contributed by atoms with Crippen molar-refractivity contribution in [3.63, 3.8) is 0 Å². The number of aromatic nitrogens is 1. The van der Waals surface area contributed by atoms with Gasteiger partial charge in [-0.15, -0.1) is 0 Å². The Bertz CT molecular complexity index is 1380. The molecule has 182 valence electrons. The summed E-state index contributed by atoms with van der Waals surface area (Å²) in [5, 5.41) is 0. The molecule has 1 amide bonds. The zero-order chi connectivity index (χ0) is 25.2. The van der Waals surface area contributed by atoms with Crippen LogP contribution < -0.4 is 9.92 Å². The van der Waals surface area contributed by atoms with Crippen LogP contribution in [0.25, 0.3) is 11.1 Å². The highest BCUT2D eigenvalue weighted by Gasteiger charge is 2.49. The number of halogens is 1. The largest absolute Gasteiger partial charge is 0.383 e. The molecule has 2 N–H and O–H groups in total. The molecule has 2 aromatic carbocycles. The lowest BCUT2D eigenvalue weighted by Crippen LogP contribution is -2.41. The first-order valence-corrected chi connectivity index (χ1v) is 12.1. The van der Waals surface area contributed by atoms with Gasteiger partial charge in [0.15, 0.2) is 11.5 Å². The molecular weight excluding hydrogens is 475 g/mol. The number of aliphatic imine (C=N–C) groups is 1. The van der Waals surface area contributed by atoms with Gasteiger partial charge in [-0.3, -0.25) is 9.69 Å². The van der Waals surface area contributed by atoms with E-state index in [0.29, 0.717) is 22.3 Å². The van der Waals surface area contributed by atoms with Crippen LogP contribution in [0, 0.1) is 5.95 Å². The number of ether oxygens (including phenoxy) is 1. The fourth-order valence-corrected chi connectivity index (χ4v) is 4.64. The van der Waals surface area contributed by atoms with E-state index in [1.807, 2.05) is 6.07 Å². The van der Waals surface area contributed by atoms with Gasteiger partial charge >= 0.3 is 10.1 Å². The molecule has 1 aliphatic rings. The van der Waals surface area contributed by atoms with E-state index in [1.54, 1.807) is 36.4 Å². The summed E-state index contributed by atoms with van der Waals surface area (Å²) < 4.78 is 47.4. The number of hydrogen-bond donors (Lipinski definition) is 1. The van der Waals surface area contributed by atoms with Gasteiger partial charge in [0.05, 0.1) is 6.61 Å². The summed E-state index contributed by atoms with van der Waals surface area (Å²) in [6.45, 7) is -0.00171. The lowest BCUT2D eigenvalue weighted by molar-refractivity contribution is -0.129. The number of guanidine groups is 1. The number of nitrogens with two attached hydrogens (primary N) is 1. The van der Waals surface area contributed by atoms with E-state index in [-0.39, 0.29) is 30.0 Å². The fourth-order valence-electron chi connectivity index (χ4n) is 3.78. The van der Waals surface area contributed by atoms with Crippen molar-refractivity contribution in [3.8, 4) is 16.9 Å². The number of nitrogens with zero attached hydrogens (tertiary/aromatic N) is 3. The third kappa shape index (κ3) is 4.73. The predicted octanol–water partition coefficient (Wildman–Crippen LogP) is 2.27. The van der Waals surface area contributed by atoms with E-state index < -0.39 is 21.6 Å². The molecule has 1 unspecified atom stereocenters. The molecule has 9 nitrogen and oxygen atoms in total. The van der Waals surface area contributed by atoms with Crippen molar-refractivity contribution < 1.29 is 26.5 Å². The minimum absolute atomic E-state index is 0.00171. The zero-order valence-electron chi connectivity index (χ0n) is 19.0. The van der Waals surface area contributed by atoms with Crippen LogP contribution in [0.5, 0.6) is 5.75 Å². The Morgan fingerprint density at radius 3 is 2.40 bits per heavy atom. The maximum atomic E-state index is 13.5. The molecular formula is C24H23FN4O5S. The Labute approximate surface area is 202 Å². The van der Waals surface area contributed by atoms with Gasteiger partial charge in [-0.05, 0) is 47.0 Å². The summed E-state index contributed by atoms with van der Waals surface area (Å²) >= 11 is 0. The molecule has 11 heteroatoms. The first-order valence-electron chi connectivity index (χ1n) is 10.5. The number of methoxy groups -OCH3 is 1. The zero-order valence-corrected chi connectivity index (χ0v) is 19.8. The molecule has 0 radical (unpaired) electrons. The SMILES string of the molecule is COCCS(=O)(=O)Oc1ccc(C2(c3cccc(-c4ccc(F)nc4)c3)N=C(N)N(C)C2=O)cc1. The van der Waals surface area contributed by atoms with Gasteiger partial charge in [0, 0.05) is 25.9 Å². The van der Waals surface area contributed by atoms with Crippen LogP contribution in [0.15, 0.2) is 71.9 Å². The second-order valence-electron chi connectivity index (χ2n) is 7.86. The van der Waals surface area contributed by atoms with Crippen molar-refractivity contribution in [3.05, 3.63) is 83.9 Å². The number of hydrogen-bond acceptors (Lipinski definition) is 8. The third-order valence-corrected chi connectivity index (χ3v) is 6.73. The van der Waals surface area contributed by atoms with Crippen LogP contribution in [-0.2, 0) is 25.2 Å². The van der Waals surface area contributed by atoms with Crippen LogP contribution in [-0.4, -0.2) is 56.7 Å². The highest BCUT2D eigenvalue weighted by molar-refractivity contribution is 7.87. The Hall–Kier alpha value is -3.83. The molecule has 0 spiro atoms. The lowest BCUT2D eigenvalue weighted by atomic mass is 9.82. The van der Waals surface area contributed by atoms with Gasteiger partial charge in [-0.2, -0.15) is 12.8 Å². The fraction of sp³-hybridized carbons (Fsp3) is 0.208. The third-order valence-electron chi connectivity index (χ3n) is 5.61. The molecule has 0 saturated heterocycles. The number of carbonyl (C=O) groups excluding carboxylic acids is 1. The van der Waals surface area contributed by atoms with Crippen molar-refractivity contribution in [1.82, 2.24) is 9.88 Å². The monoisotopic (exact) mass is 498 g/mol. The highest BCUT2D eigenvalue weighted by Crippen LogP contribution is 2.41. The summed E-state index contributed by atoms with van der Waals surface area (Å²) in [6, 6.07) is 16.0. The number of likely N-dealkylation sites (N-methyl/N-ethyl adjacent to an activating group) is 1. The second-order valence-corrected chi connectivity index (χ2v) is 9.55. The van der Waals surface area contributed by atoms with E-state index >= 15 is 0 Å². The first kappa shape index (κ1) is 24.3. The van der Waals surface area contributed by atoms with E-state index in [1.165, 1.54) is 43.5 Å². The summed E-state index contributed by atoms with van der Waals surface area (Å²) in [4.78, 5) is 23.0. The number of rotatable bonds is 8.